The van der Waals surface area contributed by atoms with Gasteiger partial charge in [0.05, 0.1) is 22.8 Å². The first kappa shape index (κ1) is 20.5. The molecule has 0 spiro atoms. The molecule has 2 heterocycles. The summed E-state index contributed by atoms with van der Waals surface area (Å²) in [4.78, 5) is 35.5. The molecular weight excluding hydrogens is 392 g/mol. The van der Waals surface area contributed by atoms with Gasteiger partial charge in [-0.3, -0.25) is 9.59 Å². The molecule has 0 bridgehead atoms. The first-order valence-corrected chi connectivity index (χ1v) is 10.1. The van der Waals surface area contributed by atoms with Crippen LogP contribution in [0.4, 0.5) is 0 Å². The van der Waals surface area contributed by atoms with Crippen molar-refractivity contribution in [2.75, 3.05) is 7.05 Å². The van der Waals surface area contributed by atoms with Gasteiger partial charge in [0, 0.05) is 19.2 Å². The summed E-state index contributed by atoms with van der Waals surface area (Å²) in [5.74, 6) is -0.108. The van der Waals surface area contributed by atoms with E-state index in [1.807, 2.05) is 38.1 Å². The van der Waals surface area contributed by atoms with Gasteiger partial charge in [0.25, 0.3) is 11.5 Å². The molecule has 1 unspecified atom stereocenters. The van der Waals surface area contributed by atoms with Crippen molar-refractivity contribution >= 4 is 16.9 Å². The Morgan fingerprint density at radius 3 is 2.55 bits per heavy atom. The van der Waals surface area contributed by atoms with Gasteiger partial charge in [-0.25, -0.2) is 14.6 Å². The van der Waals surface area contributed by atoms with Crippen LogP contribution in [0.2, 0.25) is 0 Å². The molecule has 0 aliphatic carbocycles. The van der Waals surface area contributed by atoms with Crippen molar-refractivity contribution in [1.29, 1.82) is 0 Å². The van der Waals surface area contributed by atoms with Gasteiger partial charge >= 0.3 is 0 Å². The van der Waals surface area contributed by atoms with E-state index in [-0.39, 0.29) is 17.5 Å². The molecule has 8 heteroatoms. The zero-order valence-corrected chi connectivity index (χ0v) is 18.0. The number of amides is 1. The fourth-order valence-corrected chi connectivity index (χ4v) is 3.67. The van der Waals surface area contributed by atoms with E-state index in [4.69, 9.17) is 0 Å². The van der Waals surface area contributed by atoms with Crippen molar-refractivity contribution in [2.45, 2.75) is 33.4 Å². The predicted octanol–water partition coefficient (Wildman–Crippen LogP) is 3.14. The predicted molar refractivity (Wildman–Crippen MR) is 118 cm³/mol. The zero-order chi connectivity index (χ0) is 22.1. The lowest BCUT2D eigenvalue weighted by atomic mass is 10.1. The maximum Gasteiger partial charge on any atom is 0.272 e. The van der Waals surface area contributed by atoms with Crippen molar-refractivity contribution in [1.82, 2.24) is 29.2 Å². The quantitative estimate of drug-likeness (QED) is 0.499. The van der Waals surface area contributed by atoms with Crippen molar-refractivity contribution < 1.29 is 4.79 Å². The molecule has 31 heavy (non-hydrogen) atoms. The highest BCUT2D eigenvalue weighted by atomic mass is 16.2. The smallest absolute Gasteiger partial charge is 0.272 e. The fraction of sp³-hybridized carbons (Fsp3) is 0.261. The van der Waals surface area contributed by atoms with Gasteiger partial charge in [0.1, 0.15) is 18.3 Å². The Hall–Kier alpha value is -3.81. The number of nitrogens with zero attached hydrogens (tertiary/aromatic N) is 6. The van der Waals surface area contributed by atoms with Gasteiger partial charge in [-0.1, -0.05) is 12.1 Å². The maximum atomic E-state index is 13.2. The van der Waals surface area contributed by atoms with E-state index in [1.165, 1.54) is 6.33 Å². The lowest BCUT2D eigenvalue weighted by molar-refractivity contribution is 0.0743. The second kappa shape index (κ2) is 8.14. The topological polar surface area (TPSA) is 85.9 Å². The number of carbonyl (C=O) groups is 1. The van der Waals surface area contributed by atoms with Crippen LogP contribution in [-0.2, 0) is 6.54 Å². The summed E-state index contributed by atoms with van der Waals surface area (Å²) in [6.45, 7) is 6.15. The third-order valence-electron chi connectivity index (χ3n) is 5.63. The Kier molecular flexibility index (Phi) is 5.37. The normalized spacial score (nSPS) is 12.1. The van der Waals surface area contributed by atoms with E-state index < -0.39 is 0 Å². The molecule has 2 aromatic heterocycles. The molecule has 158 valence electrons. The average molecular weight is 416 g/mol. The molecule has 0 saturated heterocycles. The Balaban J connectivity index is 1.60. The fourth-order valence-electron chi connectivity index (χ4n) is 3.67. The monoisotopic (exact) mass is 416 g/mol. The second-order valence-electron chi connectivity index (χ2n) is 7.47. The van der Waals surface area contributed by atoms with Crippen LogP contribution in [0.15, 0.2) is 59.9 Å². The molecule has 0 N–H and O–H groups in total. The van der Waals surface area contributed by atoms with Gasteiger partial charge in [-0.05, 0) is 56.7 Å². The molecule has 0 radical (unpaired) electrons. The molecule has 4 aromatic rings. The SMILES string of the molecule is CCn1c(=O)c(C)nc2cc(C(=O)N(C)C(C)c3ccc(-n4cncn4)cc3)ccc21. The van der Waals surface area contributed by atoms with Crippen LogP contribution < -0.4 is 5.56 Å². The summed E-state index contributed by atoms with van der Waals surface area (Å²) in [5, 5.41) is 4.13. The van der Waals surface area contributed by atoms with Gasteiger partial charge in [0.2, 0.25) is 0 Å². The lowest BCUT2D eigenvalue weighted by Gasteiger charge is -2.26. The van der Waals surface area contributed by atoms with Crippen LogP contribution in [0, 0.1) is 6.92 Å². The summed E-state index contributed by atoms with van der Waals surface area (Å²) >= 11 is 0. The summed E-state index contributed by atoms with van der Waals surface area (Å²) in [6.07, 6.45) is 3.13. The van der Waals surface area contributed by atoms with Gasteiger partial charge in [-0.2, -0.15) is 5.10 Å². The van der Waals surface area contributed by atoms with E-state index in [9.17, 15) is 9.59 Å². The van der Waals surface area contributed by atoms with Crippen LogP contribution in [0.1, 0.15) is 41.5 Å². The molecule has 1 atom stereocenters. The highest BCUT2D eigenvalue weighted by Gasteiger charge is 2.20. The summed E-state index contributed by atoms with van der Waals surface area (Å²) < 4.78 is 3.36. The van der Waals surface area contributed by atoms with E-state index in [2.05, 4.69) is 15.1 Å². The molecule has 1 amide bonds. The third-order valence-corrected chi connectivity index (χ3v) is 5.63. The number of aryl methyl sites for hydroxylation is 2. The minimum atomic E-state index is -0.132. The highest BCUT2D eigenvalue weighted by Crippen LogP contribution is 2.23. The minimum absolute atomic E-state index is 0.103. The highest BCUT2D eigenvalue weighted by molar-refractivity contribution is 5.97. The minimum Gasteiger partial charge on any atom is -0.335 e. The number of fused-ring (bicyclic) bond motifs is 1. The average Bonchev–Trinajstić information content (AvgIpc) is 3.33. The Morgan fingerprint density at radius 2 is 1.90 bits per heavy atom. The van der Waals surface area contributed by atoms with Crippen molar-refractivity contribution in [3.8, 4) is 5.69 Å². The number of hydrogen-bond donors (Lipinski definition) is 0. The largest absolute Gasteiger partial charge is 0.335 e. The van der Waals surface area contributed by atoms with Gasteiger partial charge < -0.3 is 9.47 Å². The van der Waals surface area contributed by atoms with E-state index in [1.54, 1.807) is 52.6 Å². The first-order valence-electron chi connectivity index (χ1n) is 10.1. The molecule has 0 fully saturated rings. The Labute approximate surface area is 179 Å². The molecule has 0 saturated carbocycles. The van der Waals surface area contributed by atoms with Gasteiger partial charge in [-0.15, -0.1) is 0 Å². The Bertz CT molecular complexity index is 1290. The molecule has 4 rings (SSSR count). The number of carbonyl (C=O) groups excluding carboxylic acids is 1. The summed E-state index contributed by atoms with van der Waals surface area (Å²) in [6, 6.07) is 13.0. The van der Waals surface area contributed by atoms with Gasteiger partial charge in [0.15, 0.2) is 0 Å². The van der Waals surface area contributed by atoms with Crippen molar-refractivity contribution in [3.05, 3.63) is 82.3 Å². The molecule has 2 aromatic carbocycles. The van der Waals surface area contributed by atoms with Crippen LogP contribution in [0.25, 0.3) is 16.7 Å². The number of hydrogen-bond acceptors (Lipinski definition) is 5. The second-order valence-corrected chi connectivity index (χ2v) is 7.47. The van der Waals surface area contributed by atoms with Crippen LogP contribution in [0.5, 0.6) is 0 Å². The van der Waals surface area contributed by atoms with E-state index >= 15 is 0 Å². The number of aromatic nitrogens is 5. The molecular formula is C23H24N6O2. The van der Waals surface area contributed by atoms with Crippen molar-refractivity contribution in [2.24, 2.45) is 0 Å². The van der Waals surface area contributed by atoms with Crippen molar-refractivity contribution in [3.63, 3.8) is 0 Å². The Morgan fingerprint density at radius 1 is 1.16 bits per heavy atom. The first-order chi connectivity index (χ1) is 14.9. The number of benzene rings is 2. The maximum absolute atomic E-state index is 13.2. The van der Waals surface area contributed by atoms with Crippen LogP contribution >= 0.6 is 0 Å². The number of rotatable bonds is 5. The lowest BCUT2D eigenvalue weighted by Crippen LogP contribution is -2.30. The molecule has 8 nitrogen and oxygen atoms in total. The van der Waals surface area contributed by atoms with E-state index in [0.29, 0.717) is 23.3 Å². The molecule has 0 aliphatic heterocycles. The summed E-state index contributed by atoms with van der Waals surface area (Å²) in [7, 11) is 1.79. The molecule has 0 aliphatic rings. The van der Waals surface area contributed by atoms with Crippen LogP contribution in [-0.4, -0.2) is 42.2 Å². The standard InChI is InChI=1S/C23H24N6O2/c1-5-28-21-11-8-18(12-20(21)26-15(2)22(28)30)23(31)27(4)16(3)17-6-9-19(10-7-17)29-14-24-13-25-29/h6-14,16H,5H2,1-4H3. The third kappa shape index (κ3) is 3.72. The van der Waals surface area contributed by atoms with E-state index in [0.717, 1.165) is 16.8 Å². The summed E-state index contributed by atoms with van der Waals surface area (Å²) in [5.41, 5.74) is 4.14. The zero-order valence-electron chi connectivity index (χ0n) is 18.0. The van der Waals surface area contributed by atoms with Crippen LogP contribution in [0.3, 0.4) is 0 Å².